The van der Waals surface area contributed by atoms with Crippen LogP contribution >= 0.6 is 11.3 Å². The standard InChI is InChI=1S/C27H21N7OS/c1-2-3-7-22(35)34-17-10-15(12-28-14-17)16-11-19-25(32-33-26(19)29-13-16)27-30-20-6-4-5-18(24(20)31-27)21-8-9-23(34)36-21/h4-6,8-14,32H,2-3,7H2,1H3,(H,29,33). The summed E-state index contributed by atoms with van der Waals surface area (Å²) in [4.78, 5) is 33.2. The fourth-order valence-corrected chi connectivity index (χ4v) is 5.78. The molecule has 2 aliphatic rings. The number of thiophene rings is 1. The fourth-order valence-electron chi connectivity index (χ4n) is 4.71. The predicted molar refractivity (Wildman–Crippen MR) is 144 cm³/mol. The summed E-state index contributed by atoms with van der Waals surface area (Å²) in [7, 11) is 0. The number of nitrogens with zero attached hydrogens (tertiary/aromatic N) is 5. The van der Waals surface area contributed by atoms with Gasteiger partial charge in [-0.1, -0.05) is 25.5 Å². The van der Waals surface area contributed by atoms with Gasteiger partial charge in [-0.3, -0.25) is 24.5 Å². The van der Waals surface area contributed by atoms with E-state index in [1.807, 2.05) is 30.5 Å². The molecule has 0 fully saturated rings. The molecule has 1 aromatic carbocycles. The molecule has 176 valence electrons. The van der Waals surface area contributed by atoms with Crippen LogP contribution in [0.3, 0.4) is 0 Å². The Morgan fingerprint density at radius 2 is 1.94 bits per heavy atom. The third kappa shape index (κ3) is 3.24. The number of hydrogen-bond donors (Lipinski definition) is 2. The molecule has 6 heterocycles. The van der Waals surface area contributed by atoms with Crippen LogP contribution in [0.4, 0.5) is 0 Å². The lowest BCUT2D eigenvalue weighted by Gasteiger charge is -2.07. The maximum atomic E-state index is 13.5. The van der Waals surface area contributed by atoms with Crippen LogP contribution in [0.5, 0.6) is 0 Å². The minimum absolute atomic E-state index is 0.0539. The SMILES string of the molecule is CCCCC(=O)n1c2cncc(c2)c2cnc3[nH][nH]c(c4nc5cccc(c6ccc1s6)c5n4)-c3c2. The molecule has 36 heavy (non-hydrogen) atoms. The Morgan fingerprint density at radius 1 is 1.03 bits per heavy atom. The second-order valence-electron chi connectivity index (χ2n) is 8.87. The molecular formula is C27H21N7OS. The molecule has 0 saturated carbocycles. The molecule has 8 nitrogen and oxygen atoms in total. The number of unbranched alkanes of at least 4 members (excludes halogenated alkanes) is 1. The quantitative estimate of drug-likeness (QED) is 0.289. The zero-order chi connectivity index (χ0) is 24.2. The first-order valence-corrected chi connectivity index (χ1v) is 12.7. The number of H-pyrrole nitrogens is 2. The lowest BCUT2D eigenvalue weighted by Crippen LogP contribution is -2.10. The maximum Gasteiger partial charge on any atom is 0.232 e. The minimum atomic E-state index is 0.0539. The van der Waals surface area contributed by atoms with Crippen molar-refractivity contribution in [3.8, 4) is 11.3 Å². The van der Waals surface area contributed by atoms with E-state index in [-0.39, 0.29) is 5.91 Å². The number of fused-ring (bicyclic) bond motifs is 9. The molecule has 0 radical (unpaired) electrons. The average Bonchev–Trinajstić information content (AvgIpc) is 3.64. The van der Waals surface area contributed by atoms with E-state index in [1.54, 1.807) is 28.3 Å². The van der Waals surface area contributed by atoms with Gasteiger partial charge in [0, 0.05) is 45.2 Å². The molecule has 7 rings (SSSR count). The Hall–Kier alpha value is -4.37. The predicted octanol–water partition coefficient (Wildman–Crippen LogP) is 6.61. The van der Waals surface area contributed by atoms with E-state index in [2.05, 4.69) is 45.3 Å². The van der Waals surface area contributed by atoms with Gasteiger partial charge in [0.1, 0.15) is 10.5 Å². The van der Waals surface area contributed by atoms with E-state index in [1.165, 1.54) is 0 Å². The van der Waals surface area contributed by atoms with Gasteiger partial charge >= 0.3 is 0 Å². The van der Waals surface area contributed by atoms with E-state index in [4.69, 9.17) is 9.97 Å². The lowest BCUT2D eigenvalue weighted by atomic mass is 10.1. The molecule has 9 heteroatoms. The minimum Gasteiger partial charge on any atom is -0.295 e. The average molecular weight is 492 g/mol. The summed E-state index contributed by atoms with van der Waals surface area (Å²) in [5.41, 5.74) is 5.39. The van der Waals surface area contributed by atoms with Gasteiger partial charge in [0.05, 0.1) is 22.7 Å². The first-order valence-electron chi connectivity index (χ1n) is 11.9. The van der Waals surface area contributed by atoms with Crippen molar-refractivity contribution >= 4 is 70.8 Å². The van der Waals surface area contributed by atoms with Crippen molar-refractivity contribution in [2.45, 2.75) is 26.2 Å². The topological polar surface area (TPSA) is 105 Å². The molecule has 0 saturated heterocycles. The number of para-hydroxylation sites is 1. The summed E-state index contributed by atoms with van der Waals surface area (Å²) in [5.74, 6) is 0.0539. The molecular weight excluding hydrogens is 470 g/mol. The monoisotopic (exact) mass is 491 g/mol. The molecule has 0 aliphatic carbocycles. The number of nitrogens with one attached hydrogen (secondary N) is 2. The third-order valence-electron chi connectivity index (χ3n) is 6.53. The number of aromatic nitrogens is 7. The van der Waals surface area contributed by atoms with E-state index in [9.17, 15) is 4.79 Å². The summed E-state index contributed by atoms with van der Waals surface area (Å²) in [6.45, 7) is 2.09. The highest BCUT2D eigenvalue weighted by atomic mass is 32.1. The molecule has 0 amide bonds. The van der Waals surface area contributed by atoms with Crippen molar-refractivity contribution in [1.29, 1.82) is 0 Å². The number of carbonyl (C=O) groups is 1. The largest absolute Gasteiger partial charge is 0.295 e. The summed E-state index contributed by atoms with van der Waals surface area (Å²) < 4.78 is 2.82. The summed E-state index contributed by atoms with van der Waals surface area (Å²) in [5, 5.41) is 9.10. The summed E-state index contributed by atoms with van der Waals surface area (Å²) >= 11 is 1.57. The number of aromatic amines is 2. The number of hydrogen-bond acceptors (Lipinski definition) is 6. The van der Waals surface area contributed by atoms with E-state index in [0.717, 1.165) is 72.0 Å². The van der Waals surface area contributed by atoms with Crippen molar-refractivity contribution in [1.82, 2.24) is 34.7 Å². The molecule has 5 aromatic rings. The van der Waals surface area contributed by atoms with Crippen LogP contribution in [0, 0.1) is 0 Å². The van der Waals surface area contributed by atoms with E-state index < -0.39 is 0 Å². The Balaban J connectivity index is 1.69. The van der Waals surface area contributed by atoms with Crippen LogP contribution in [-0.2, 0) is 0 Å². The second-order valence-corrected chi connectivity index (χ2v) is 9.93. The third-order valence-corrected chi connectivity index (χ3v) is 7.64. The van der Waals surface area contributed by atoms with Crippen LogP contribution in [0.1, 0.15) is 31.0 Å². The highest BCUT2D eigenvalue weighted by Gasteiger charge is 2.16. The van der Waals surface area contributed by atoms with Crippen molar-refractivity contribution in [2.24, 2.45) is 0 Å². The highest BCUT2D eigenvalue weighted by Crippen LogP contribution is 2.32. The molecule has 2 N–H and O–H groups in total. The Morgan fingerprint density at radius 3 is 2.86 bits per heavy atom. The lowest BCUT2D eigenvalue weighted by molar-refractivity contribution is 0.0909. The van der Waals surface area contributed by atoms with Gasteiger partial charge < -0.3 is 0 Å². The Bertz CT molecular complexity index is 1970. The molecule has 8 bridgehead atoms. The zero-order valence-electron chi connectivity index (χ0n) is 19.4. The van der Waals surface area contributed by atoms with Crippen LogP contribution in [-0.4, -0.2) is 40.6 Å². The molecule has 0 unspecified atom stereocenters. The Kier molecular flexibility index (Phi) is 4.71. The van der Waals surface area contributed by atoms with Gasteiger partial charge in [-0.2, -0.15) is 0 Å². The van der Waals surface area contributed by atoms with Crippen molar-refractivity contribution in [3.63, 3.8) is 0 Å². The van der Waals surface area contributed by atoms with Gasteiger partial charge in [0.25, 0.3) is 0 Å². The summed E-state index contributed by atoms with van der Waals surface area (Å²) in [6.07, 6.45) is 7.61. The van der Waals surface area contributed by atoms with Gasteiger partial charge in [-0.05, 0) is 36.8 Å². The highest BCUT2D eigenvalue weighted by molar-refractivity contribution is 7.24. The number of benzene rings is 1. The Labute approximate surface area is 208 Å². The van der Waals surface area contributed by atoms with Crippen molar-refractivity contribution in [3.05, 3.63) is 61.1 Å². The molecule has 0 atom stereocenters. The van der Waals surface area contributed by atoms with Crippen LogP contribution in [0.25, 0.3) is 64.8 Å². The molecule has 2 aliphatic heterocycles. The first kappa shape index (κ1) is 21.0. The smallest absolute Gasteiger partial charge is 0.232 e. The van der Waals surface area contributed by atoms with Gasteiger partial charge in [0.2, 0.25) is 5.91 Å². The van der Waals surface area contributed by atoms with Crippen LogP contribution in [0.2, 0.25) is 0 Å². The number of rotatable bonds is 3. The number of pyridine rings is 2. The number of carbonyl (C=O) groups excluding carboxylic acids is 1. The molecule has 4 aromatic heterocycles. The fraction of sp³-hybridized carbons (Fsp3) is 0.148. The van der Waals surface area contributed by atoms with Crippen molar-refractivity contribution < 1.29 is 4.79 Å². The maximum absolute atomic E-state index is 13.5. The van der Waals surface area contributed by atoms with Crippen LogP contribution < -0.4 is 0 Å². The van der Waals surface area contributed by atoms with Gasteiger partial charge in [-0.25, -0.2) is 15.0 Å². The van der Waals surface area contributed by atoms with Crippen LogP contribution in [0.15, 0.2) is 61.1 Å². The number of imidazole rings is 1. The normalized spacial score (nSPS) is 11.9. The van der Waals surface area contributed by atoms with Gasteiger partial charge in [0.15, 0.2) is 11.3 Å². The molecule has 0 spiro atoms. The second kappa shape index (κ2) is 8.10. The van der Waals surface area contributed by atoms with Crippen molar-refractivity contribution in [2.75, 3.05) is 0 Å². The zero-order valence-corrected chi connectivity index (χ0v) is 20.3. The van der Waals surface area contributed by atoms with E-state index in [0.29, 0.717) is 12.1 Å². The summed E-state index contributed by atoms with van der Waals surface area (Å²) in [6, 6.07) is 14.1. The van der Waals surface area contributed by atoms with E-state index >= 15 is 0 Å². The van der Waals surface area contributed by atoms with Gasteiger partial charge in [-0.15, -0.1) is 11.3 Å². The first-order chi connectivity index (χ1) is 17.7.